The lowest BCUT2D eigenvalue weighted by Gasteiger charge is -2.28. The van der Waals surface area contributed by atoms with Crippen molar-refractivity contribution in [3.63, 3.8) is 0 Å². The Morgan fingerprint density at radius 2 is 1.83 bits per heavy atom. The van der Waals surface area contributed by atoms with Crippen LogP contribution in [0.4, 0.5) is 18.9 Å². The van der Waals surface area contributed by atoms with Crippen LogP contribution >= 0.6 is 0 Å². The van der Waals surface area contributed by atoms with Crippen LogP contribution in [0, 0.1) is 6.92 Å². The number of alkyl halides is 3. The summed E-state index contributed by atoms with van der Waals surface area (Å²) in [5.74, 6) is -0.271. The molecule has 0 bridgehead atoms. The van der Waals surface area contributed by atoms with Crippen molar-refractivity contribution in [3.05, 3.63) is 65.2 Å². The Bertz CT molecular complexity index is 1070. The molecule has 29 heavy (non-hydrogen) atoms. The molecule has 0 saturated heterocycles. The molecule has 0 N–H and O–H groups in total. The maximum absolute atomic E-state index is 13.3. The van der Waals surface area contributed by atoms with Gasteiger partial charge in [-0.25, -0.2) is 0 Å². The third-order valence-corrected chi connectivity index (χ3v) is 5.03. The van der Waals surface area contributed by atoms with E-state index in [0.717, 1.165) is 34.6 Å². The van der Waals surface area contributed by atoms with E-state index < -0.39 is 11.7 Å². The van der Waals surface area contributed by atoms with Crippen molar-refractivity contribution in [2.75, 3.05) is 11.4 Å². The number of aryl methyl sites for hydroxylation is 2. The fourth-order valence-electron chi connectivity index (χ4n) is 3.64. The average molecular weight is 400 g/mol. The molecule has 1 amide bonds. The van der Waals surface area contributed by atoms with E-state index in [0.29, 0.717) is 30.9 Å². The predicted octanol–water partition coefficient (Wildman–Crippen LogP) is 4.50. The smallest absolute Gasteiger partial charge is 0.305 e. The van der Waals surface area contributed by atoms with Crippen LogP contribution in [0.15, 0.2) is 42.6 Å². The Kier molecular flexibility index (Phi) is 4.64. The number of hydrogen-bond donors (Lipinski definition) is 0. The lowest BCUT2D eigenvalue weighted by molar-refractivity contribution is -0.137. The van der Waals surface area contributed by atoms with Crippen LogP contribution in [0.2, 0.25) is 0 Å². The summed E-state index contributed by atoms with van der Waals surface area (Å²) in [5.41, 5.74) is 3.42. The first kappa shape index (κ1) is 19.2. The number of carbonyl (C=O) groups excluding carboxylic acids is 1. The summed E-state index contributed by atoms with van der Waals surface area (Å²) in [4.78, 5) is 19.1. The van der Waals surface area contributed by atoms with Gasteiger partial charge in [-0.05, 0) is 55.3 Å². The summed E-state index contributed by atoms with van der Waals surface area (Å²) in [6.45, 7) is 4.67. The number of rotatable bonds is 3. The molecule has 150 valence electrons. The van der Waals surface area contributed by atoms with Gasteiger partial charge in [0, 0.05) is 29.7 Å². The fraction of sp³-hybridized carbons (Fsp3) is 0.286. The number of benzene rings is 1. The van der Waals surface area contributed by atoms with Crippen molar-refractivity contribution >= 4 is 11.6 Å². The number of amides is 1. The van der Waals surface area contributed by atoms with Gasteiger partial charge in [-0.1, -0.05) is 6.92 Å². The fourth-order valence-corrected chi connectivity index (χ4v) is 3.64. The van der Waals surface area contributed by atoms with Crippen LogP contribution in [0.5, 0.6) is 0 Å². The lowest BCUT2D eigenvalue weighted by Crippen LogP contribution is -2.40. The summed E-state index contributed by atoms with van der Waals surface area (Å²) < 4.78 is 40.3. The number of pyridine rings is 1. The van der Waals surface area contributed by atoms with Gasteiger partial charge in [-0.3, -0.25) is 14.5 Å². The van der Waals surface area contributed by atoms with Gasteiger partial charge in [0.2, 0.25) is 0 Å². The zero-order valence-corrected chi connectivity index (χ0v) is 16.0. The maximum Gasteiger partial charge on any atom is 0.416 e. The number of halogens is 3. The Hall–Kier alpha value is -3.16. The summed E-state index contributed by atoms with van der Waals surface area (Å²) in [7, 11) is 0. The zero-order chi connectivity index (χ0) is 20.8. The quantitative estimate of drug-likeness (QED) is 0.651. The zero-order valence-electron chi connectivity index (χ0n) is 16.0. The van der Waals surface area contributed by atoms with Gasteiger partial charge < -0.3 is 4.90 Å². The molecule has 5 nitrogen and oxygen atoms in total. The molecule has 1 aromatic carbocycles. The minimum atomic E-state index is -4.41. The first-order valence-corrected chi connectivity index (χ1v) is 9.31. The number of aromatic nitrogens is 3. The number of carbonyl (C=O) groups is 1. The Morgan fingerprint density at radius 1 is 1.10 bits per heavy atom. The van der Waals surface area contributed by atoms with E-state index in [1.165, 1.54) is 17.0 Å². The third kappa shape index (κ3) is 3.39. The number of hydrogen-bond acceptors (Lipinski definition) is 3. The number of nitrogens with zero attached hydrogens (tertiary/aromatic N) is 4. The molecule has 0 unspecified atom stereocenters. The third-order valence-electron chi connectivity index (χ3n) is 5.03. The highest BCUT2D eigenvalue weighted by atomic mass is 19.4. The molecule has 1 aliphatic heterocycles. The van der Waals surface area contributed by atoms with E-state index in [-0.39, 0.29) is 5.91 Å². The van der Waals surface area contributed by atoms with Crippen molar-refractivity contribution in [1.82, 2.24) is 14.8 Å². The molecule has 2 aromatic heterocycles. The van der Waals surface area contributed by atoms with E-state index in [2.05, 4.69) is 10.1 Å². The monoisotopic (exact) mass is 400 g/mol. The maximum atomic E-state index is 13.3. The summed E-state index contributed by atoms with van der Waals surface area (Å²) in [6.07, 6.45) is -2.06. The highest BCUT2D eigenvalue weighted by Crippen LogP contribution is 2.34. The minimum Gasteiger partial charge on any atom is -0.305 e. The minimum absolute atomic E-state index is 0.271. The molecule has 0 aliphatic carbocycles. The average Bonchev–Trinajstić information content (AvgIpc) is 3.07. The molecule has 8 heteroatoms. The van der Waals surface area contributed by atoms with Crippen molar-refractivity contribution < 1.29 is 18.0 Å². The second-order valence-electron chi connectivity index (χ2n) is 6.93. The topological polar surface area (TPSA) is 51.0 Å². The normalized spacial score (nSPS) is 14.2. The predicted molar refractivity (Wildman–Crippen MR) is 103 cm³/mol. The van der Waals surface area contributed by atoms with Crippen molar-refractivity contribution in [1.29, 1.82) is 0 Å². The molecule has 3 aromatic rings. The molecule has 3 heterocycles. The van der Waals surface area contributed by atoms with Crippen LogP contribution in [-0.2, 0) is 19.1 Å². The molecule has 4 rings (SSSR count). The Labute approximate surface area is 165 Å². The van der Waals surface area contributed by atoms with E-state index in [4.69, 9.17) is 0 Å². The highest BCUT2D eigenvalue weighted by Gasteiger charge is 2.34. The van der Waals surface area contributed by atoms with Gasteiger partial charge in [0.05, 0.1) is 17.8 Å². The first-order chi connectivity index (χ1) is 13.8. The second-order valence-corrected chi connectivity index (χ2v) is 6.93. The lowest BCUT2D eigenvalue weighted by atomic mass is 10.0. The van der Waals surface area contributed by atoms with Gasteiger partial charge in [0.1, 0.15) is 5.69 Å². The molecule has 0 radical (unpaired) electrons. The number of anilines is 1. The summed E-state index contributed by atoms with van der Waals surface area (Å²) >= 11 is 0. The summed E-state index contributed by atoms with van der Waals surface area (Å²) in [5, 5.41) is 4.60. The van der Waals surface area contributed by atoms with Gasteiger partial charge in [-0.2, -0.15) is 18.3 Å². The van der Waals surface area contributed by atoms with Crippen molar-refractivity contribution in [2.45, 2.75) is 33.0 Å². The van der Waals surface area contributed by atoms with Crippen LogP contribution in [0.25, 0.3) is 11.1 Å². The van der Waals surface area contributed by atoms with E-state index >= 15 is 0 Å². The molecular weight excluding hydrogens is 381 g/mol. The first-order valence-electron chi connectivity index (χ1n) is 9.31. The van der Waals surface area contributed by atoms with Crippen LogP contribution in [0.3, 0.4) is 0 Å². The van der Waals surface area contributed by atoms with E-state index in [1.807, 2.05) is 26.0 Å². The molecule has 0 fully saturated rings. The van der Waals surface area contributed by atoms with Crippen LogP contribution in [0.1, 0.15) is 34.4 Å². The molecule has 0 saturated carbocycles. The Balaban J connectivity index is 1.76. The van der Waals surface area contributed by atoms with Gasteiger partial charge in [0.15, 0.2) is 0 Å². The van der Waals surface area contributed by atoms with Crippen LogP contribution < -0.4 is 4.90 Å². The van der Waals surface area contributed by atoms with Gasteiger partial charge in [0.25, 0.3) is 5.91 Å². The molecule has 0 atom stereocenters. The largest absolute Gasteiger partial charge is 0.416 e. The SMILES string of the molecule is CCc1nn2c(c1-c1ccnc(C)c1)C(=O)N(c1ccc(C(F)(F)F)cc1)CC2. The van der Waals surface area contributed by atoms with Gasteiger partial charge in [-0.15, -0.1) is 0 Å². The molecule has 1 aliphatic rings. The number of fused-ring (bicyclic) bond motifs is 1. The molecule has 0 spiro atoms. The standard InChI is InChI=1S/C21H19F3N4O/c1-3-17-18(14-8-9-25-13(2)12-14)19-20(29)27(10-11-28(19)26-17)16-6-4-15(5-7-16)21(22,23)24/h4-9,12H,3,10-11H2,1-2H3. The van der Waals surface area contributed by atoms with E-state index in [1.54, 1.807) is 10.9 Å². The van der Waals surface area contributed by atoms with E-state index in [9.17, 15) is 18.0 Å². The Morgan fingerprint density at radius 3 is 2.45 bits per heavy atom. The molecular formula is C21H19F3N4O. The second kappa shape index (κ2) is 7.02. The highest BCUT2D eigenvalue weighted by molar-refractivity contribution is 6.10. The van der Waals surface area contributed by atoms with Crippen molar-refractivity contribution in [2.24, 2.45) is 0 Å². The van der Waals surface area contributed by atoms with Crippen LogP contribution in [-0.4, -0.2) is 27.2 Å². The summed E-state index contributed by atoms with van der Waals surface area (Å²) in [6, 6.07) is 8.42. The van der Waals surface area contributed by atoms with Gasteiger partial charge >= 0.3 is 6.18 Å². The van der Waals surface area contributed by atoms with Crippen molar-refractivity contribution in [3.8, 4) is 11.1 Å².